The van der Waals surface area contributed by atoms with Crippen molar-refractivity contribution in [1.29, 1.82) is 0 Å². The Labute approximate surface area is 665 Å². The van der Waals surface area contributed by atoms with Gasteiger partial charge in [0.1, 0.15) is 26.8 Å². The number of rotatable bonds is 21. The van der Waals surface area contributed by atoms with Crippen molar-refractivity contribution in [3.8, 4) is 5.75 Å². The summed E-state index contributed by atoms with van der Waals surface area (Å²) >= 11 is 0. The van der Waals surface area contributed by atoms with E-state index in [2.05, 4.69) is 61.9 Å². The quantitative estimate of drug-likeness (QED) is 0.0134. The second-order valence-corrected chi connectivity index (χ2v) is 33.3. The number of fused-ring (bicyclic) bond motifs is 4. The van der Waals surface area contributed by atoms with E-state index in [-0.39, 0.29) is 128 Å². The van der Waals surface area contributed by atoms with Crippen molar-refractivity contribution in [2.45, 2.75) is 159 Å². The van der Waals surface area contributed by atoms with Gasteiger partial charge in [0.25, 0.3) is 17.2 Å². The average molecular weight is 1630 g/mol. The molecule has 0 fully saturated rings. The van der Waals surface area contributed by atoms with Crippen LogP contribution >= 0.6 is 0 Å². The fourth-order valence-electron chi connectivity index (χ4n) is 12.6. The smallest absolute Gasteiger partial charge is 1.00 e. The molecule has 0 aromatic heterocycles. The summed E-state index contributed by atoms with van der Waals surface area (Å²) in [6.45, 7) is 18.7. The molecule has 0 saturated carbocycles. The maximum absolute atomic E-state index is 13.7. The van der Waals surface area contributed by atoms with E-state index < -0.39 is 131 Å². The molecule has 5 aromatic carbocycles. The fraction of sp³-hybridized carbons (Fsp3) is 0.394. The summed E-state index contributed by atoms with van der Waals surface area (Å²) in [4.78, 5) is 88.6. The Morgan fingerprint density at radius 2 is 1.11 bits per heavy atom. The topological polar surface area (TPSA) is 433 Å². The van der Waals surface area contributed by atoms with Crippen LogP contribution in [0.2, 0.25) is 0 Å². The molecule has 5 aromatic rings. The molecule has 4 heterocycles. The summed E-state index contributed by atoms with van der Waals surface area (Å²) in [7, 11) is -17.4. The number of benzene rings is 4. The molecule has 0 bridgehead atoms. The van der Waals surface area contributed by atoms with Crippen molar-refractivity contribution in [2.24, 2.45) is 0 Å². The minimum absolute atomic E-state index is 0. The van der Waals surface area contributed by atoms with Crippen molar-refractivity contribution in [3.05, 3.63) is 174 Å². The fourth-order valence-corrected chi connectivity index (χ4v) is 14.5. The van der Waals surface area contributed by atoms with Gasteiger partial charge < -0.3 is 56.3 Å². The number of unbranched alkanes of at least 4 members (excludes halogenated alkanes) is 4. The van der Waals surface area contributed by atoms with E-state index in [1.807, 2.05) is 42.8 Å². The predicted octanol–water partition coefficient (Wildman–Crippen LogP) is -0.556. The van der Waals surface area contributed by atoms with E-state index in [1.54, 1.807) is 38.5 Å². The first-order valence-corrected chi connectivity index (χ1v) is 38.5. The van der Waals surface area contributed by atoms with Crippen LogP contribution in [0.4, 0.5) is 27.5 Å². The number of allylic oxidation sites excluding steroid dienone is 6. The Morgan fingerprint density at radius 1 is 0.619 bits per heavy atom. The monoisotopic (exact) mass is 1630 g/mol. The number of halogens is 2. The van der Waals surface area contributed by atoms with Crippen LogP contribution in [0.1, 0.15) is 157 Å². The number of Topliss-reactive ketones (excluding diaryl/α,β-unsaturated/α-hetero) is 1. The molecule has 0 atom stereocenters. The van der Waals surface area contributed by atoms with Gasteiger partial charge in [-0.05, 0) is 107 Å². The number of para-hydroxylation sites is 2. The van der Waals surface area contributed by atoms with Gasteiger partial charge in [-0.25, -0.2) is 43.4 Å². The number of nitrogens with one attached hydrogen (secondary N) is 3. The number of hydrogen-bond donors (Lipinski definition) is 6. The minimum atomic E-state index is -4.85. The number of amides is 2. The molecule has 27 nitrogen and oxygen atoms in total. The predicted molar refractivity (Wildman–Crippen MR) is 384 cm³/mol. The van der Waals surface area contributed by atoms with E-state index in [4.69, 9.17) is 10.2 Å². The van der Waals surface area contributed by atoms with Crippen LogP contribution in [0.5, 0.6) is 5.75 Å². The van der Waals surface area contributed by atoms with Crippen molar-refractivity contribution in [3.63, 3.8) is 0 Å². The zero-order valence-corrected chi connectivity index (χ0v) is 67.5. The molecule has 1 aliphatic carbocycles. The number of hydrogen-bond acceptors (Lipinski definition) is 21. The number of ketones is 1. The number of carboxylic acids is 2. The molecule has 568 valence electrons. The van der Waals surface area contributed by atoms with Crippen LogP contribution in [0, 0.1) is 0 Å². The standard InChI is InChI=1S/C35H39N3O10S2.C18H18N2O9S2.C11H13N.C6H12O2.CH4.BrH.FH.K.H2/c1-34(2)24-11-8-9-12-26(24)37(16-10-6-7-13-31(40)41)28(34)18-22-32(42)23(33(22)43)19-29-35(3,4)25-17-21(50(46,47)48)14-15-27(25)38(29)20-30(39)36-49(5,44)45;1-18(2)11-6-9(31(27,28)29)4-5-12(11)20(8-14(21)19-30(3,25)26)13(18)7-10-15(22)17(24)16(10)23;1-8-11(2,3)9-6-4-5-7-10(9)12-8;1-2-3-4-5-6(7)8;;;;;/h8-9,11-12,14-15,17-19H,6-7,10,13,16,20H2,1-5H3,(H3-,36,39,40,41,42,43,46,47,48);4-7,22H,8H2,1-3H3,(H,19,21)(H,27,28,29);4-7H,1-3H3;2-5H2,1H3,(H,7,8);1H4;2*1H;;1H/q;;;;;;;+1;/p-2/b;13-7-;;;;;;;/i;;;;;;;;1+1. The van der Waals surface area contributed by atoms with Gasteiger partial charge >= 0.3 is 63.3 Å². The van der Waals surface area contributed by atoms with Crippen LogP contribution in [-0.4, -0.2) is 136 Å². The molecule has 2 amide bonds. The number of aliphatic carboxylic acids is 2. The van der Waals surface area contributed by atoms with Crippen molar-refractivity contribution in [2.75, 3.05) is 41.9 Å². The van der Waals surface area contributed by atoms with Crippen LogP contribution in [-0.2, 0) is 85.9 Å². The van der Waals surface area contributed by atoms with Crippen LogP contribution in [0.25, 0.3) is 6.08 Å². The second kappa shape index (κ2) is 35.2. The summed E-state index contributed by atoms with van der Waals surface area (Å²) in [6, 6.07) is 23.3. The van der Waals surface area contributed by atoms with Gasteiger partial charge in [-0.1, -0.05) is 103 Å². The Kier molecular flexibility index (Phi) is 30.8. The Bertz CT molecular complexity index is 5020. The number of aromatic hydroxyl groups is 1. The zero-order chi connectivity index (χ0) is 75.7. The zero-order valence-electron chi connectivity index (χ0n) is 59.5. The van der Waals surface area contributed by atoms with E-state index in [0.29, 0.717) is 49.0 Å². The molecule has 5 aliphatic rings. The van der Waals surface area contributed by atoms with Gasteiger partial charge in [0.15, 0.2) is 23.0 Å². The van der Waals surface area contributed by atoms with E-state index in [9.17, 15) is 86.6 Å². The third-order valence-electron chi connectivity index (χ3n) is 18.2. The van der Waals surface area contributed by atoms with E-state index in [0.717, 1.165) is 66.9 Å². The number of anilines is 2. The number of nitrogens with zero attached hydrogens (tertiary/aromatic N) is 3. The summed E-state index contributed by atoms with van der Waals surface area (Å²) < 4.78 is 121. The van der Waals surface area contributed by atoms with E-state index in [1.165, 1.54) is 56.8 Å². The first-order valence-electron chi connectivity index (χ1n) is 31.9. The number of carboxylic acid groups (broad SMARTS) is 2. The Morgan fingerprint density at radius 3 is 1.64 bits per heavy atom. The van der Waals surface area contributed by atoms with Crippen molar-refractivity contribution < 1.29 is 171 Å². The molecule has 4 aliphatic heterocycles. The van der Waals surface area contributed by atoms with Gasteiger partial charge in [0.05, 0.1) is 38.7 Å². The third kappa shape index (κ3) is 20.9. The summed E-state index contributed by atoms with van der Waals surface area (Å²) in [6.07, 6.45) is 10.9. The third-order valence-corrected chi connectivity index (χ3v) is 21.0. The van der Waals surface area contributed by atoms with Crippen LogP contribution in [0.3, 0.4) is 0 Å². The molecule has 34 heteroatoms. The molecule has 0 saturated heterocycles. The van der Waals surface area contributed by atoms with Gasteiger partial charge in [-0.3, -0.25) is 43.0 Å². The van der Waals surface area contributed by atoms with Crippen molar-refractivity contribution >= 4 is 110 Å². The first-order chi connectivity index (χ1) is 46.6. The van der Waals surface area contributed by atoms with Gasteiger partial charge in [0, 0.05) is 102 Å². The summed E-state index contributed by atoms with van der Waals surface area (Å²) in [5.41, 5.74) is 3.21. The first kappa shape index (κ1) is 92.0. The number of sulfonamides is 2. The maximum Gasteiger partial charge on any atom is 1.00 e. The molecule has 0 spiro atoms. The molecule has 105 heavy (non-hydrogen) atoms. The number of carbonyl (C=O) groups excluding carboxylic acids is 3. The molecular formula is C71H88BrFKN6O21S4-. The summed E-state index contributed by atoms with van der Waals surface area (Å²) in [5, 5.41) is 40.6. The Hall–Kier alpha value is -7.22. The van der Waals surface area contributed by atoms with E-state index >= 15 is 0 Å². The SMILES string of the molecule is C.CC1(C)/C(=C/c2c(O)c(=O)c2=O)N(CC(=O)NS(C)(=O)=O)c2ccc(S(=O)(=O)[O-])cc21.CC1(C)C(C=C2C(=O)C(/C=C3/N(CCCCCC(=O)O)c4ccccc4C3(C)C)=C2[O-])=[N+](CC(=O)NS(C)(=O)=O)c2ccc(S(=O)(=O)[O-])cc21.CC1=[NH+]c2ccccc2C1(C)C.CCCCCC(=O)O.F.[2HH].[Br-].[K+]. The molecule has 0 unspecified atom stereocenters. The van der Waals surface area contributed by atoms with Gasteiger partial charge in [-0.2, -0.15) is 4.58 Å². The Balaban J connectivity index is 0.000000576. The maximum atomic E-state index is 13.7. The minimum Gasteiger partial charge on any atom is -1.00 e. The molecule has 0 radical (unpaired) electrons. The van der Waals surface area contributed by atoms with Crippen LogP contribution < -0.4 is 109 Å². The molecule has 6 N–H and O–H groups in total. The molecular weight excluding hydrogens is 1540 g/mol. The summed E-state index contributed by atoms with van der Waals surface area (Å²) in [5.74, 6) is -5.22. The molecule has 10 rings (SSSR count). The van der Waals surface area contributed by atoms with Crippen LogP contribution in [0.15, 0.2) is 145 Å². The largest absolute Gasteiger partial charge is 1.00 e. The van der Waals surface area contributed by atoms with Gasteiger partial charge in [0.2, 0.25) is 43.4 Å². The second-order valence-electron chi connectivity index (χ2n) is 27.0. The number of carbonyl (C=O) groups is 5. The normalized spacial score (nSPS) is 17.2. The van der Waals surface area contributed by atoms with Crippen molar-refractivity contribution in [1.82, 2.24) is 9.44 Å². The van der Waals surface area contributed by atoms with Gasteiger partial charge in [-0.15, -0.1) is 0 Å². The average Bonchev–Trinajstić information content (AvgIpc) is 1.56.